The fourth-order valence-corrected chi connectivity index (χ4v) is 2.55. The number of amides is 1. The van der Waals surface area contributed by atoms with Gasteiger partial charge < -0.3 is 10.4 Å². The fourth-order valence-electron chi connectivity index (χ4n) is 2.55. The zero-order valence-corrected chi connectivity index (χ0v) is 7.54. The molecule has 2 aliphatic carbocycles. The molecule has 2 fully saturated rings. The minimum Gasteiger partial charge on any atom is -0.481 e. The molecule has 2 saturated carbocycles. The van der Waals surface area contributed by atoms with Crippen molar-refractivity contribution in [2.75, 3.05) is 0 Å². The number of carboxylic acids is 1. The van der Waals surface area contributed by atoms with Crippen LogP contribution in [0.15, 0.2) is 0 Å². The van der Waals surface area contributed by atoms with Crippen molar-refractivity contribution in [1.29, 1.82) is 0 Å². The van der Waals surface area contributed by atoms with E-state index in [4.69, 9.17) is 5.11 Å². The van der Waals surface area contributed by atoms with E-state index in [2.05, 4.69) is 5.32 Å². The summed E-state index contributed by atoms with van der Waals surface area (Å²) in [6, 6.07) is 0.105. The van der Waals surface area contributed by atoms with Crippen molar-refractivity contribution < 1.29 is 14.7 Å². The number of aliphatic carboxylic acids is 1. The summed E-state index contributed by atoms with van der Waals surface area (Å²) in [5.41, 5.74) is -0.479. The van der Waals surface area contributed by atoms with Gasteiger partial charge in [-0.05, 0) is 25.2 Å². The molecule has 0 spiro atoms. The predicted molar refractivity (Wildman–Crippen MR) is 45.0 cm³/mol. The second-order valence-electron chi connectivity index (χ2n) is 4.12. The first-order valence-electron chi connectivity index (χ1n) is 4.57. The molecule has 2 N–H and O–H groups in total. The molecule has 0 bridgehead atoms. The van der Waals surface area contributed by atoms with Crippen LogP contribution in [-0.4, -0.2) is 23.0 Å². The lowest BCUT2D eigenvalue weighted by Crippen LogP contribution is -2.33. The van der Waals surface area contributed by atoms with Gasteiger partial charge in [-0.15, -0.1) is 0 Å². The highest BCUT2D eigenvalue weighted by Crippen LogP contribution is 2.63. The van der Waals surface area contributed by atoms with Crippen LogP contribution in [-0.2, 0) is 9.59 Å². The van der Waals surface area contributed by atoms with Crippen LogP contribution in [0.3, 0.4) is 0 Å². The van der Waals surface area contributed by atoms with Gasteiger partial charge in [-0.3, -0.25) is 9.59 Å². The molecule has 0 aliphatic heterocycles. The molecule has 2 rings (SSSR count). The molecule has 3 atom stereocenters. The second kappa shape index (κ2) is 2.47. The monoisotopic (exact) mass is 183 g/mol. The van der Waals surface area contributed by atoms with E-state index in [0.717, 1.165) is 19.3 Å². The quantitative estimate of drug-likeness (QED) is 0.650. The minimum absolute atomic E-state index is 0.0573. The summed E-state index contributed by atoms with van der Waals surface area (Å²) in [5.74, 6) is -0.558. The summed E-state index contributed by atoms with van der Waals surface area (Å²) in [4.78, 5) is 21.7. The maximum absolute atomic E-state index is 10.9. The Bertz CT molecular complexity index is 276. The third-order valence-corrected chi connectivity index (χ3v) is 3.34. The first kappa shape index (κ1) is 8.53. The maximum Gasteiger partial charge on any atom is 0.310 e. The first-order chi connectivity index (χ1) is 6.06. The summed E-state index contributed by atoms with van der Waals surface area (Å²) in [7, 11) is 0. The molecule has 4 heteroatoms. The van der Waals surface area contributed by atoms with Gasteiger partial charge in [0.2, 0.25) is 5.91 Å². The number of hydrogen-bond donors (Lipinski definition) is 2. The highest BCUT2D eigenvalue weighted by molar-refractivity contribution is 5.80. The van der Waals surface area contributed by atoms with Crippen molar-refractivity contribution in [2.24, 2.45) is 11.3 Å². The molecule has 72 valence electrons. The van der Waals surface area contributed by atoms with Gasteiger partial charge in [0, 0.05) is 13.0 Å². The summed E-state index contributed by atoms with van der Waals surface area (Å²) < 4.78 is 0. The van der Waals surface area contributed by atoms with Crippen molar-refractivity contribution >= 4 is 11.9 Å². The molecule has 0 aromatic heterocycles. The van der Waals surface area contributed by atoms with Crippen molar-refractivity contribution in [3.63, 3.8) is 0 Å². The van der Waals surface area contributed by atoms with Gasteiger partial charge in [0.25, 0.3) is 0 Å². The van der Waals surface area contributed by atoms with Crippen molar-refractivity contribution in [3.8, 4) is 0 Å². The van der Waals surface area contributed by atoms with Crippen LogP contribution in [0.1, 0.15) is 26.2 Å². The zero-order chi connectivity index (χ0) is 9.64. The Kier molecular flexibility index (Phi) is 1.62. The number of fused-ring (bicyclic) bond motifs is 1. The van der Waals surface area contributed by atoms with Gasteiger partial charge in [0.15, 0.2) is 0 Å². The van der Waals surface area contributed by atoms with Crippen LogP contribution >= 0.6 is 0 Å². The van der Waals surface area contributed by atoms with Crippen LogP contribution in [0.5, 0.6) is 0 Å². The lowest BCUT2D eigenvalue weighted by molar-refractivity contribution is -0.143. The highest BCUT2D eigenvalue weighted by Gasteiger charge is 2.66. The average molecular weight is 183 g/mol. The Balaban J connectivity index is 2.01. The molecule has 0 aromatic carbocycles. The van der Waals surface area contributed by atoms with Crippen LogP contribution in [0.4, 0.5) is 0 Å². The van der Waals surface area contributed by atoms with Gasteiger partial charge in [0.1, 0.15) is 0 Å². The maximum atomic E-state index is 10.9. The topological polar surface area (TPSA) is 66.4 Å². The third-order valence-electron chi connectivity index (χ3n) is 3.34. The third kappa shape index (κ3) is 1.12. The first-order valence-corrected chi connectivity index (χ1v) is 4.57. The Morgan fingerprint density at radius 3 is 2.62 bits per heavy atom. The van der Waals surface area contributed by atoms with E-state index < -0.39 is 11.4 Å². The van der Waals surface area contributed by atoms with E-state index in [1.165, 1.54) is 6.92 Å². The molecular weight excluding hydrogens is 170 g/mol. The molecule has 1 amide bonds. The fraction of sp³-hybridized carbons (Fsp3) is 0.778. The molecular formula is C9H13NO3. The zero-order valence-electron chi connectivity index (χ0n) is 7.54. The summed E-state index contributed by atoms with van der Waals surface area (Å²) >= 11 is 0. The van der Waals surface area contributed by atoms with Gasteiger partial charge in [0.05, 0.1) is 5.41 Å². The summed E-state index contributed by atoms with van der Waals surface area (Å²) in [6.07, 6.45) is 2.28. The summed E-state index contributed by atoms with van der Waals surface area (Å²) in [5, 5.41) is 11.8. The SMILES string of the molecule is CC(=O)N[C@H]1CC[C@@]2(C(=O)O)C[C@@H]12. The molecule has 0 unspecified atom stereocenters. The van der Waals surface area contributed by atoms with E-state index >= 15 is 0 Å². The average Bonchev–Trinajstić information content (AvgIpc) is 2.66. The molecule has 13 heavy (non-hydrogen) atoms. The molecule has 0 radical (unpaired) electrons. The number of carbonyl (C=O) groups excluding carboxylic acids is 1. The van der Waals surface area contributed by atoms with Gasteiger partial charge in [-0.25, -0.2) is 0 Å². The van der Waals surface area contributed by atoms with Gasteiger partial charge >= 0.3 is 5.97 Å². The van der Waals surface area contributed by atoms with Crippen LogP contribution in [0.2, 0.25) is 0 Å². The Morgan fingerprint density at radius 1 is 1.54 bits per heavy atom. The van der Waals surface area contributed by atoms with Crippen LogP contribution < -0.4 is 5.32 Å². The standard InChI is InChI=1S/C9H13NO3/c1-5(11)10-7-2-3-9(8(12)13)4-6(7)9/h6-7H,2-4H2,1H3,(H,10,11)(H,12,13)/t6-,7-,9+/m0/s1. The number of nitrogens with one attached hydrogen (secondary N) is 1. The molecule has 0 aromatic rings. The number of rotatable bonds is 2. The molecule has 0 saturated heterocycles. The number of carboxylic acid groups (broad SMARTS) is 1. The van der Waals surface area contributed by atoms with Gasteiger partial charge in [-0.2, -0.15) is 0 Å². The van der Waals surface area contributed by atoms with Crippen LogP contribution in [0, 0.1) is 11.3 Å². The molecule has 0 heterocycles. The Hall–Kier alpha value is -1.06. The normalized spacial score (nSPS) is 41.0. The van der Waals surface area contributed by atoms with E-state index in [-0.39, 0.29) is 17.9 Å². The van der Waals surface area contributed by atoms with Gasteiger partial charge in [-0.1, -0.05) is 0 Å². The van der Waals surface area contributed by atoms with E-state index in [9.17, 15) is 9.59 Å². The Morgan fingerprint density at radius 2 is 2.23 bits per heavy atom. The molecule has 4 nitrogen and oxygen atoms in total. The van der Waals surface area contributed by atoms with E-state index in [1.807, 2.05) is 0 Å². The lowest BCUT2D eigenvalue weighted by atomic mass is 10.1. The van der Waals surface area contributed by atoms with Crippen molar-refractivity contribution in [1.82, 2.24) is 5.32 Å². The smallest absolute Gasteiger partial charge is 0.310 e. The van der Waals surface area contributed by atoms with Crippen molar-refractivity contribution in [2.45, 2.75) is 32.2 Å². The molecule has 2 aliphatic rings. The number of hydrogen-bond acceptors (Lipinski definition) is 2. The largest absolute Gasteiger partial charge is 0.481 e. The van der Waals surface area contributed by atoms with Crippen LogP contribution in [0.25, 0.3) is 0 Å². The van der Waals surface area contributed by atoms with E-state index in [0.29, 0.717) is 0 Å². The minimum atomic E-state index is -0.689. The second-order valence-corrected chi connectivity index (χ2v) is 4.12. The summed E-state index contributed by atoms with van der Waals surface area (Å²) in [6.45, 7) is 1.48. The Labute approximate surface area is 76.3 Å². The lowest BCUT2D eigenvalue weighted by Gasteiger charge is -2.11. The highest BCUT2D eigenvalue weighted by atomic mass is 16.4. The van der Waals surface area contributed by atoms with E-state index in [1.54, 1.807) is 0 Å². The van der Waals surface area contributed by atoms with Crippen molar-refractivity contribution in [3.05, 3.63) is 0 Å². The number of carbonyl (C=O) groups is 2. The predicted octanol–water partition coefficient (Wildman–Crippen LogP) is 0.376.